The number of hydrazine groups is 1. The summed E-state index contributed by atoms with van der Waals surface area (Å²) in [4.78, 5) is 9.84. The van der Waals surface area contributed by atoms with E-state index in [2.05, 4.69) is 5.43 Å². The van der Waals surface area contributed by atoms with Gasteiger partial charge in [-0.25, -0.2) is 0 Å². The highest BCUT2D eigenvalue weighted by Crippen LogP contribution is 2.11. The molecule has 1 N–H and O–H groups in total. The maximum absolute atomic E-state index is 9.84. The van der Waals surface area contributed by atoms with Gasteiger partial charge in [0.1, 0.15) is 6.29 Å². The Morgan fingerprint density at radius 3 is 3.25 bits per heavy atom. The zero-order chi connectivity index (χ0) is 5.82. The molecule has 0 radical (unpaired) electrons. The molecule has 0 atom stereocenters. The minimum absolute atomic E-state index is 0.428. The van der Waals surface area contributed by atoms with Crippen LogP contribution in [0.2, 0.25) is 0 Å². The van der Waals surface area contributed by atoms with Crippen molar-refractivity contribution in [3.63, 3.8) is 0 Å². The lowest BCUT2D eigenvalue weighted by Crippen LogP contribution is -2.24. The summed E-state index contributed by atoms with van der Waals surface area (Å²) in [5, 5.41) is 1.88. The van der Waals surface area contributed by atoms with Crippen LogP contribution in [0.25, 0.3) is 0 Å². The van der Waals surface area contributed by atoms with Gasteiger partial charge in [0.05, 0.1) is 6.54 Å². The number of rotatable bonds is 2. The maximum Gasteiger partial charge on any atom is 0.136 e. The first-order valence-corrected chi connectivity index (χ1v) is 3.06. The number of hydrogen-bond acceptors (Lipinski definition) is 4. The Morgan fingerprint density at radius 2 is 2.75 bits per heavy atom. The van der Waals surface area contributed by atoms with Gasteiger partial charge in [-0.15, -0.1) is 0 Å². The van der Waals surface area contributed by atoms with Gasteiger partial charge in [0.2, 0.25) is 0 Å². The molecule has 0 aromatic carbocycles. The SMILES string of the molecule is O=CCN1NC=CS1. The highest BCUT2D eigenvalue weighted by atomic mass is 32.2. The van der Waals surface area contributed by atoms with Crippen molar-refractivity contribution in [3.05, 3.63) is 11.6 Å². The van der Waals surface area contributed by atoms with Crippen molar-refractivity contribution in [1.29, 1.82) is 0 Å². The third-order valence-electron chi connectivity index (χ3n) is 0.715. The van der Waals surface area contributed by atoms with E-state index in [9.17, 15) is 4.79 Å². The molecule has 0 saturated heterocycles. The van der Waals surface area contributed by atoms with Gasteiger partial charge in [-0.05, 0) is 11.9 Å². The van der Waals surface area contributed by atoms with Gasteiger partial charge in [-0.2, -0.15) is 4.41 Å². The first-order valence-electron chi connectivity index (χ1n) is 2.22. The van der Waals surface area contributed by atoms with Crippen LogP contribution in [0.5, 0.6) is 0 Å². The second-order valence-electron chi connectivity index (χ2n) is 1.26. The van der Waals surface area contributed by atoms with Gasteiger partial charge in [-0.1, -0.05) is 0 Å². The van der Waals surface area contributed by atoms with E-state index in [0.717, 1.165) is 6.29 Å². The minimum Gasteiger partial charge on any atom is -0.315 e. The number of nitrogens with zero attached hydrogens (tertiary/aromatic N) is 1. The van der Waals surface area contributed by atoms with Crippen LogP contribution >= 0.6 is 11.9 Å². The Morgan fingerprint density at radius 1 is 1.88 bits per heavy atom. The Hall–Kier alpha value is -0.480. The molecular formula is C4H6N2OS. The average molecular weight is 130 g/mol. The highest BCUT2D eigenvalue weighted by Gasteiger charge is 2.02. The second-order valence-corrected chi connectivity index (χ2v) is 2.19. The van der Waals surface area contributed by atoms with Gasteiger partial charge >= 0.3 is 0 Å². The topological polar surface area (TPSA) is 32.3 Å². The predicted molar refractivity (Wildman–Crippen MR) is 32.6 cm³/mol. The van der Waals surface area contributed by atoms with E-state index in [1.165, 1.54) is 11.9 Å². The summed E-state index contributed by atoms with van der Waals surface area (Å²) in [6.07, 6.45) is 2.64. The molecule has 0 amide bonds. The van der Waals surface area contributed by atoms with E-state index in [-0.39, 0.29) is 0 Å². The molecule has 1 rings (SSSR count). The van der Waals surface area contributed by atoms with E-state index >= 15 is 0 Å². The van der Waals surface area contributed by atoms with Crippen molar-refractivity contribution in [2.45, 2.75) is 0 Å². The van der Waals surface area contributed by atoms with Crippen molar-refractivity contribution < 1.29 is 4.79 Å². The third-order valence-corrected chi connectivity index (χ3v) is 1.48. The highest BCUT2D eigenvalue weighted by molar-refractivity contribution is 8.00. The molecule has 0 fully saturated rings. The quantitative estimate of drug-likeness (QED) is 0.425. The first-order chi connectivity index (χ1) is 3.93. The Balaban J connectivity index is 2.19. The lowest BCUT2D eigenvalue weighted by molar-refractivity contribution is -0.108. The number of aldehydes is 1. The summed E-state index contributed by atoms with van der Waals surface area (Å²) in [5.41, 5.74) is 2.84. The van der Waals surface area contributed by atoms with Crippen LogP contribution in [0.15, 0.2) is 11.6 Å². The standard InChI is InChI=1S/C4H6N2OS/c7-3-2-6-5-1-4-8-6/h1,3-5H,2H2. The molecule has 1 aliphatic rings. The normalized spacial score (nSPS) is 18.5. The molecule has 0 aromatic heterocycles. The summed E-state index contributed by atoms with van der Waals surface area (Å²) in [6.45, 7) is 0.428. The van der Waals surface area contributed by atoms with Crippen LogP contribution in [-0.4, -0.2) is 17.2 Å². The predicted octanol–water partition coefficient (Wildman–Crippen LogP) is 0.125. The van der Waals surface area contributed by atoms with E-state index in [1.807, 2.05) is 5.41 Å². The average Bonchev–Trinajstić information content (AvgIpc) is 2.19. The fraction of sp³-hybridized carbons (Fsp3) is 0.250. The Labute approximate surface area is 51.8 Å². The molecule has 4 heteroatoms. The molecule has 0 bridgehead atoms. The minimum atomic E-state index is 0.428. The van der Waals surface area contributed by atoms with E-state index in [4.69, 9.17) is 0 Å². The van der Waals surface area contributed by atoms with Crippen LogP contribution in [-0.2, 0) is 4.79 Å². The zero-order valence-electron chi connectivity index (χ0n) is 4.20. The molecule has 0 aliphatic carbocycles. The Kier molecular flexibility index (Phi) is 1.93. The van der Waals surface area contributed by atoms with Crippen molar-refractivity contribution in [3.8, 4) is 0 Å². The largest absolute Gasteiger partial charge is 0.315 e. The molecule has 1 heterocycles. The molecule has 0 spiro atoms. The number of carbonyl (C=O) groups is 1. The molecule has 1 aliphatic heterocycles. The summed E-state index contributed by atoms with van der Waals surface area (Å²) in [7, 11) is 0. The lowest BCUT2D eigenvalue weighted by Gasteiger charge is -2.07. The van der Waals surface area contributed by atoms with Gasteiger partial charge < -0.3 is 10.2 Å². The third kappa shape index (κ3) is 1.24. The summed E-state index contributed by atoms with van der Waals surface area (Å²) in [5.74, 6) is 0. The van der Waals surface area contributed by atoms with E-state index in [1.54, 1.807) is 10.6 Å². The number of nitrogens with one attached hydrogen (secondary N) is 1. The summed E-state index contributed by atoms with van der Waals surface area (Å²) in [6, 6.07) is 0. The maximum atomic E-state index is 9.84. The molecule has 3 nitrogen and oxygen atoms in total. The monoisotopic (exact) mass is 130 g/mol. The second kappa shape index (κ2) is 2.74. The van der Waals surface area contributed by atoms with Crippen LogP contribution < -0.4 is 5.43 Å². The van der Waals surface area contributed by atoms with Gasteiger partial charge in [0.25, 0.3) is 0 Å². The molecule has 44 valence electrons. The zero-order valence-corrected chi connectivity index (χ0v) is 5.02. The molecule has 8 heavy (non-hydrogen) atoms. The molecule has 0 unspecified atom stereocenters. The van der Waals surface area contributed by atoms with E-state index in [0.29, 0.717) is 6.54 Å². The van der Waals surface area contributed by atoms with Crippen LogP contribution in [0.3, 0.4) is 0 Å². The molecule has 0 saturated carbocycles. The van der Waals surface area contributed by atoms with Crippen LogP contribution in [0.4, 0.5) is 0 Å². The fourth-order valence-corrected chi connectivity index (χ4v) is 0.949. The van der Waals surface area contributed by atoms with Gasteiger partial charge in [0, 0.05) is 11.6 Å². The van der Waals surface area contributed by atoms with Crippen LogP contribution in [0, 0.1) is 0 Å². The molecular weight excluding hydrogens is 124 g/mol. The summed E-state index contributed by atoms with van der Waals surface area (Å²) >= 11 is 1.48. The smallest absolute Gasteiger partial charge is 0.136 e. The van der Waals surface area contributed by atoms with Crippen molar-refractivity contribution in [1.82, 2.24) is 9.84 Å². The number of carbonyl (C=O) groups excluding carboxylic acids is 1. The lowest BCUT2D eigenvalue weighted by atomic mass is 10.8. The van der Waals surface area contributed by atoms with E-state index < -0.39 is 0 Å². The molecule has 0 aromatic rings. The first kappa shape index (κ1) is 5.65. The van der Waals surface area contributed by atoms with Crippen molar-refractivity contribution >= 4 is 18.2 Å². The van der Waals surface area contributed by atoms with Crippen molar-refractivity contribution in [2.24, 2.45) is 0 Å². The van der Waals surface area contributed by atoms with Crippen molar-refractivity contribution in [2.75, 3.05) is 6.54 Å². The van der Waals surface area contributed by atoms with Crippen LogP contribution in [0.1, 0.15) is 0 Å². The van der Waals surface area contributed by atoms with Gasteiger partial charge in [-0.3, -0.25) is 0 Å². The van der Waals surface area contributed by atoms with Gasteiger partial charge in [0.15, 0.2) is 0 Å². The summed E-state index contributed by atoms with van der Waals surface area (Å²) < 4.78 is 1.73. The Bertz CT molecular complexity index is 107. The number of hydrogen-bond donors (Lipinski definition) is 1. The fourth-order valence-electron chi connectivity index (χ4n) is 0.411.